The van der Waals surface area contributed by atoms with Crippen LogP contribution in [0.3, 0.4) is 0 Å². The Hall–Kier alpha value is -1.40. The van der Waals surface area contributed by atoms with Crippen LogP contribution < -0.4 is 4.90 Å². The Morgan fingerprint density at radius 3 is 2.75 bits per heavy atom. The normalized spacial score (nSPS) is 16.6. The molecule has 20 heavy (non-hydrogen) atoms. The Kier molecular flexibility index (Phi) is 4.03. The minimum atomic E-state index is 0.856. The first kappa shape index (κ1) is 13.6. The van der Waals surface area contributed by atoms with E-state index >= 15 is 0 Å². The van der Waals surface area contributed by atoms with Gasteiger partial charge in [-0.15, -0.1) is 0 Å². The van der Waals surface area contributed by atoms with E-state index in [-0.39, 0.29) is 0 Å². The van der Waals surface area contributed by atoms with E-state index in [0.29, 0.717) is 0 Å². The SMILES string of the molecule is Cc1cc(CN2CCN(c3ncccc3Br)CC2)no1. The van der Waals surface area contributed by atoms with Crippen LogP contribution in [-0.4, -0.2) is 41.2 Å². The van der Waals surface area contributed by atoms with Crippen molar-refractivity contribution in [2.75, 3.05) is 31.1 Å². The summed E-state index contributed by atoms with van der Waals surface area (Å²) in [6.07, 6.45) is 1.84. The Morgan fingerprint density at radius 2 is 2.10 bits per heavy atom. The summed E-state index contributed by atoms with van der Waals surface area (Å²) in [4.78, 5) is 9.16. The molecule has 0 N–H and O–H groups in total. The highest BCUT2D eigenvalue weighted by molar-refractivity contribution is 9.10. The number of piperazine rings is 1. The fourth-order valence-electron chi connectivity index (χ4n) is 2.45. The van der Waals surface area contributed by atoms with Gasteiger partial charge in [-0.25, -0.2) is 4.98 Å². The number of aryl methyl sites for hydroxylation is 1. The Morgan fingerprint density at radius 1 is 1.30 bits per heavy atom. The number of halogens is 1. The van der Waals surface area contributed by atoms with Crippen LogP contribution in [0.15, 0.2) is 33.4 Å². The van der Waals surface area contributed by atoms with Crippen molar-refractivity contribution in [1.82, 2.24) is 15.0 Å². The number of aromatic nitrogens is 2. The molecular formula is C14H17BrN4O. The fourth-order valence-corrected chi connectivity index (χ4v) is 2.96. The summed E-state index contributed by atoms with van der Waals surface area (Å²) in [6, 6.07) is 5.98. The van der Waals surface area contributed by atoms with E-state index in [1.165, 1.54) is 0 Å². The van der Waals surface area contributed by atoms with Crippen LogP contribution in [0.4, 0.5) is 5.82 Å². The molecule has 5 nitrogen and oxygen atoms in total. The van der Waals surface area contributed by atoms with E-state index in [4.69, 9.17) is 4.52 Å². The number of rotatable bonds is 3. The number of anilines is 1. The maximum Gasteiger partial charge on any atom is 0.142 e. The van der Waals surface area contributed by atoms with Crippen molar-refractivity contribution >= 4 is 21.7 Å². The lowest BCUT2D eigenvalue weighted by molar-refractivity contribution is 0.241. The van der Waals surface area contributed by atoms with Gasteiger partial charge in [0.25, 0.3) is 0 Å². The van der Waals surface area contributed by atoms with Gasteiger partial charge < -0.3 is 9.42 Å². The van der Waals surface area contributed by atoms with E-state index in [1.54, 1.807) is 0 Å². The second-order valence-corrected chi connectivity index (χ2v) is 5.86. The summed E-state index contributed by atoms with van der Waals surface area (Å²) in [6.45, 7) is 6.75. The van der Waals surface area contributed by atoms with Crippen molar-refractivity contribution in [2.45, 2.75) is 13.5 Å². The van der Waals surface area contributed by atoms with Crippen LogP contribution >= 0.6 is 15.9 Å². The van der Waals surface area contributed by atoms with Crippen molar-refractivity contribution < 1.29 is 4.52 Å². The number of hydrogen-bond donors (Lipinski definition) is 0. The first-order valence-corrected chi connectivity index (χ1v) is 7.52. The molecule has 1 fully saturated rings. The largest absolute Gasteiger partial charge is 0.361 e. The topological polar surface area (TPSA) is 45.4 Å². The highest BCUT2D eigenvalue weighted by Crippen LogP contribution is 2.24. The Balaban J connectivity index is 1.58. The van der Waals surface area contributed by atoms with Crippen LogP contribution in [0, 0.1) is 6.92 Å². The molecule has 0 aromatic carbocycles. The highest BCUT2D eigenvalue weighted by Gasteiger charge is 2.20. The van der Waals surface area contributed by atoms with E-state index in [9.17, 15) is 0 Å². The molecule has 1 saturated heterocycles. The molecule has 106 valence electrons. The van der Waals surface area contributed by atoms with E-state index in [0.717, 1.165) is 54.5 Å². The first-order valence-electron chi connectivity index (χ1n) is 6.72. The third kappa shape index (κ3) is 3.02. The quantitative estimate of drug-likeness (QED) is 0.861. The molecule has 0 saturated carbocycles. The fraction of sp³-hybridized carbons (Fsp3) is 0.429. The third-order valence-electron chi connectivity index (χ3n) is 3.47. The number of pyridine rings is 1. The summed E-state index contributed by atoms with van der Waals surface area (Å²) in [5, 5.41) is 4.05. The minimum Gasteiger partial charge on any atom is -0.361 e. The Labute approximate surface area is 126 Å². The van der Waals surface area contributed by atoms with Crippen molar-refractivity contribution in [1.29, 1.82) is 0 Å². The lowest BCUT2D eigenvalue weighted by atomic mass is 10.2. The molecule has 3 rings (SSSR count). The van der Waals surface area contributed by atoms with Gasteiger partial charge in [-0.1, -0.05) is 5.16 Å². The van der Waals surface area contributed by atoms with Gasteiger partial charge in [0.2, 0.25) is 0 Å². The van der Waals surface area contributed by atoms with E-state index in [2.05, 4.69) is 35.9 Å². The molecule has 0 radical (unpaired) electrons. The van der Waals surface area contributed by atoms with Crippen LogP contribution in [0.2, 0.25) is 0 Å². The molecule has 1 aliphatic heterocycles. The van der Waals surface area contributed by atoms with Gasteiger partial charge in [0.15, 0.2) is 0 Å². The molecule has 0 unspecified atom stereocenters. The molecule has 0 spiro atoms. The van der Waals surface area contributed by atoms with Gasteiger partial charge in [-0.05, 0) is 35.0 Å². The average molecular weight is 337 g/mol. The summed E-state index contributed by atoms with van der Waals surface area (Å²) >= 11 is 3.56. The zero-order valence-corrected chi connectivity index (χ0v) is 13.0. The second kappa shape index (κ2) is 5.93. The molecule has 0 atom stereocenters. The van der Waals surface area contributed by atoms with E-state index in [1.807, 2.05) is 31.3 Å². The number of hydrogen-bond acceptors (Lipinski definition) is 5. The predicted molar refractivity (Wildman–Crippen MR) is 80.7 cm³/mol. The lowest BCUT2D eigenvalue weighted by Crippen LogP contribution is -2.46. The molecule has 0 aliphatic carbocycles. The molecule has 0 bridgehead atoms. The first-order chi connectivity index (χ1) is 9.72. The number of nitrogens with zero attached hydrogens (tertiary/aromatic N) is 4. The molecule has 3 heterocycles. The van der Waals surface area contributed by atoms with Gasteiger partial charge in [-0.2, -0.15) is 0 Å². The zero-order valence-electron chi connectivity index (χ0n) is 11.4. The standard InChI is InChI=1S/C14H17BrN4O/c1-11-9-12(17-20-11)10-18-5-7-19(8-6-18)14-13(15)3-2-4-16-14/h2-4,9H,5-8,10H2,1H3. The molecule has 6 heteroatoms. The van der Waals surface area contributed by atoms with Gasteiger partial charge in [0.1, 0.15) is 11.6 Å². The smallest absolute Gasteiger partial charge is 0.142 e. The lowest BCUT2D eigenvalue weighted by Gasteiger charge is -2.35. The van der Waals surface area contributed by atoms with Crippen LogP contribution in [0.25, 0.3) is 0 Å². The van der Waals surface area contributed by atoms with Crippen LogP contribution in [0.5, 0.6) is 0 Å². The zero-order chi connectivity index (χ0) is 13.9. The van der Waals surface area contributed by atoms with Gasteiger partial charge in [0.05, 0.1) is 10.2 Å². The molecule has 1 aliphatic rings. The molecule has 2 aromatic rings. The minimum absolute atomic E-state index is 0.856. The maximum atomic E-state index is 5.11. The summed E-state index contributed by atoms with van der Waals surface area (Å²) in [7, 11) is 0. The summed E-state index contributed by atoms with van der Waals surface area (Å²) < 4.78 is 6.17. The third-order valence-corrected chi connectivity index (χ3v) is 4.09. The van der Waals surface area contributed by atoms with Crippen LogP contribution in [0.1, 0.15) is 11.5 Å². The Bertz CT molecular complexity index is 578. The van der Waals surface area contributed by atoms with Gasteiger partial charge in [-0.3, -0.25) is 4.90 Å². The van der Waals surface area contributed by atoms with Gasteiger partial charge in [0, 0.05) is 45.0 Å². The second-order valence-electron chi connectivity index (χ2n) is 5.00. The molecule has 0 amide bonds. The molecule has 2 aromatic heterocycles. The summed E-state index contributed by atoms with van der Waals surface area (Å²) in [5.74, 6) is 1.90. The van der Waals surface area contributed by atoms with Crippen molar-refractivity contribution in [2.24, 2.45) is 0 Å². The monoisotopic (exact) mass is 336 g/mol. The highest BCUT2D eigenvalue weighted by atomic mass is 79.9. The molecular weight excluding hydrogens is 320 g/mol. The summed E-state index contributed by atoms with van der Waals surface area (Å²) in [5.41, 5.74) is 1.01. The van der Waals surface area contributed by atoms with E-state index < -0.39 is 0 Å². The van der Waals surface area contributed by atoms with Crippen molar-refractivity contribution in [3.8, 4) is 0 Å². The average Bonchev–Trinajstić information content (AvgIpc) is 2.86. The van der Waals surface area contributed by atoms with Crippen molar-refractivity contribution in [3.05, 3.63) is 40.3 Å². The van der Waals surface area contributed by atoms with Gasteiger partial charge >= 0.3 is 0 Å². The maximum absolute atomic E-state index is 5.11. The predicted octanol–water partition coefficient (Wildman–Crippen LogP) is 2.46. The van der Waals surface area contributed by atoms with Crippen molar-refractivity contribution in [3.63, 3.8) is 0 Å². The van der Waals surface area contributed by atoms with Crippen LogP contribution in [-0.2, 0) is 6.54 Å².